The molecular weight excluding hydrogens is 242 g/mol. The molecule has 1 unspecified atom stereocenters. The number of hydrogen-bond donors (Lipinski definition) is 2. The van der Waals surface area contributed by atoms with Crippen LogP contribution in [0.3, 0.4) is 0 Å². The molecule has 0 saturated heterocycles. The van der Waals surface area contributed by atoms with Gasteiger partial charge in [0.15, 0.2) is 0 Å². The number of benzene rings is 1. The lowest BCUT2D eigenvalue weighted by Gasteiger charge is -2.11. The van der Waals surface area contributed by atoms with Crippen LogP contribution in [0, 0.1) is 0 Å². The molecular formula is C15H25NO3. The molecule has 4 nitrogen and oxygen atoms in total. The van der Waals surface area contributed by atoms with Crippen LogP contribution in [0.1, 0.15) is 25.8 Å². The van der Waals surface area contributed by atoms with E-state index in [9.17, 15) is 5.11 Å². The highest BCUT2D eigenvalue weighted by Crippen LogP contribution is 2.13. The van der Waals surface area contributed by atoms with Crippen molar-refractivity contribution in [2.75, 3.05) is 20.3 Å². The Morgan fingerprint density at radius 2 is 1.89 bits per heavy atom. The highest BCUT2D eigenvalue weighted by atomic mass is 16.5. The van der Waals surface area contributed by atoms with Gasteiger partial charge in [0.25, 0.3) is 0 Å². The minimum atomic E-state index is -0.390. The van der Waals surface area contributed by atoms with Crippen molar-refractivity contribution in [3.8, 4) is 5.75 Å². The van der Waals surface area contributed by atoms with Crippen molar-refractivity contribution in [1.29, 1.82) is 0 Å². The fourth-order valence-electron chi connectivity index (χ4n) is 1.74. The Bertz CT molecular complexity index is 338. The largest absolute Gasteiger partial charge is 0.491 e. The van der Waals surface area contributed by atoms with E-state index in [4.69, 9.17) is 9.47 Å². The van der Waals surface area contributed by atoms with Gasteiger partial charge in [-0.15, -0.1) is 0 Å². The Morgan fingerprint density at radius 3 is 2.47 bits per heavy atom. The third kappa shape index (κ3) is 7.15. The third-order valence-electron chi connectivity index (χ3n) is 2.64. The molecule has 0 amide bonds. The van der Waals surface area contributed by atoms with Crippen LogP contribution in [0.2, 0.25) is 0 Å². The minimum Gasteiger partial charge on any atom is -0.491 e. The van der Waals surface area contributed by atoms with E-state index < -0.39 is 0 Å². The molecule has 1 rings (SSSR count). The lowest BCUT2D eigenvalue weighted by atomic mass is 10.2. The van der Waals surface area contributed by atoms with Gasteiger partial charge in [0.2, 0.25) is 0 Å². The van der Waals surface area contributed by atoms with Crippen LogP contribution in [0.5, 0.6) is 5.75 Å². The predicted octanol–water partition coefficient (Wildman–Crippen LogP) is 1.96. The minimum absolute atomic E-state index is 0.200. The van der Waals surface area contributed by atoms with Crippen molar-refractivity contribution in [3.63, 3.8) is 0 Å². The normalized spacial score (nSPS) is 12.7. The molecule has 4 heteroatoms. The molecule has 2 N–H and O–H groups in total. The van der Waals surface area contributed by atoms with E-state index in [1.165, 1.54) is 5.56 Å². The van der Waals surface area contributed by atoms with Gasteiger partial charge in [-0.05, 0) is 44.5 Å². The molecule has 0 radical (unpaired) electrons. The molecule has 1 aromatic rings. The quantitative estimate of drug-likeness (QED) is 0.672. The van der Waals surface area contributed by atoms with Gasteiger partial charge in [-0.2, -0.15) is 0 Å². The zero-order chi connectivity index (χ0) is 14.1. The lowest BCUT2D eigenvalue weighted by Crippen LogP contribution is -2.23. The Labute approximate surface area is 115 Å². The second-order valence-corrected chi connectivity index (χ2v) is 4.89. The van der Waals surface area contributed by atoms with Crippen LogP contribution in [-0.4, -0.2) is 37.6 Å². The van der Waals surface area contributed by atoms with Crippen LogP contribution in [0.4, 0.5) is 0 Å². The maximum atomic E-state index is 9.49. The Kier molecular flexibility index (Phi) is 7.48. The summed E-state index contributed by atoms with van der Waals surface area (Å²) < 4.78 is 10.5. The molecule has 0 saturated carbocycles. The fraction of sp³-hybridized carbons (Fsp3) is 0.600. The molecule has 19 heavy (non-hydrogen) atoms. The van der Waals surface area contributed by atoms with E-state index in [1.54, 1.807) is 7.11 Å². The molecule has 0 aromatic heterocycles. The first kappa shape index (κ1) is 16.0. The zero-order valence-electron chi connectivity index (χ0n) is 12.1. The number of rotatable bonds is 9. The summed E-state index contributed by atoms with van der Waals surface area (Å²) >= 11 is 0. The monoisotopic (exact) mass is 267 g/mol. The van der Waals surface area contributed by atoms with E-state index in [0.29, 0.717) is 13.0 Å². The average Bonchev–Trinajstić information content (AvgIpc) is 2.36. The van der Waals surface area contributed by atoms with Gasteiger partial charge in [0, 0.05) is 13.7 Å². The number of nitrogens with one attached hydrogen (secondary N) is 1. The summed E-state index contributed by atoms with van der Waals surface area (Å²) in [4.78, 5) is 0. The molecule has 0 fully saturated rings. The molecule has 0 aliphatic rings. The lowest BCUT2D eigenvalue weighted by molar-refractivity contribution is 0.0594. The van der Waals surface area contributed by atoms with Gasteiger partial charge in [-0.25, -0.2) is 0 Å². The van der Waals surface area contributed by atoms with Gasteiger partial charge in [0.05, 0.1) is 18.8 Å². The van der Waals surface area contributed by atoms with Crippen LogP contribution < -0.4 is 10.1 Å². The number of methoxy groups -OCH3 is 1. The molecule has 1 aromatic carbocycles. The first-order valence-electron chi connectivity index (χ1n) is 6.75. The molecule has 0 aliphatic carbocycles. The summed E-state index contributed by atoms with van der Waals surface area (Å²) in [6.45, 7) is 5.99. The fourth-order valence-corrected chi connectivity index (χ4v) is 1.74. The summed E-state index contributed by atoms with van der Waals surface area (Å²) in [5.41, 5.74) is 1.21. The van der Waals surface area contributed by atoms with E-state index in [1.807, 2.05) is 26.0 Å². The smallest absolute Gasteiger partial charge is 0.119 e. The van der Waals surface area contributed by atoms with Crippen molar-refractivity contribution < 1.29 is 14.6 Å². The van der Waals surface area contributed by atoms with Gasteiger partial charge in [-0.1, -0.05) is 12.1 Å². The first-order valence-corrected chi connectivity index (χ1v) is 6.75. The number of hydrogen-bond acceptors (Lipinski definition) is 4. The van der Waals surface area contributed by atoms with Crippen LogP contribution >= 0.6 is 0 Å². The van der Waals surface area contributed by atoms with Crippen LogP contribution in [-0.2, 0) is 11.3 Å². The topological polar surface area (TPSA) is 50.7 Å². The summed E-state index contributed by atoms with van der Waals surface area (Å²) in [6, 6.07) is 8.07. The predicted molar refractivity (Wildman–Crippen MR) is 76.4 cm³/mol. The molecule has 0 bridgehead atoms. The van der Waals surface area contributed by atoms with Gasteiger partial charge >= 0.3 is 0 Å². The summed E-state index contributed by atoms with van der Waals surface area (Å²) in [5, 5.41) is 12.8. The van der Waals surface area contributed by atoms with Crippen molar-refractivity contribution >= 4 is 0 Å². The molecule has 108 valence electrons. The second kappa shape index (κ2) is 8.91. The maximum Gasteiger partial charge on any atom is 0.119 e. The van der Waals surface area contributed by atoms with Gasteiger partial charge in [0.1, 0.15) is 5.75 Å². The second-order valence-electron chi connectivity index (χ2n) is 4.89. The Hall–Kier alpha value is -1.10. The first-order chi connectivity index (χ1) is 9.11. The molecule has 0 heterocycles. The number of ether oxygens (including phenoxy) is 2. The standard InChI is InChI=1S/C15H25NO3/c1-12(2)19-15-6-4-13(5-7-15)10-16-9-8-14(17)11-18-3/h4-7,12,14,16-17H,8-11H2,1-3H3. The van der Waals surface area contributed by atoms with Crippen molar-refractivity contribution in [1.82, 2.24) is 5.32 Å². The molecule has 0 aliphatic heterocycles. The van der Waals surface area contributed by atoms with Crippen LogP contribution in [0.25, 0.3) is 0 Å². The Balaban J connectivity index is 2.22. The summed E-state index contributed by atoms with van der Waals surface area (Å²) in [7, 11) is 1.59. The summed E-state index contributed by atoms with van der Waals surface area (Å²) in [6.07, 6.45) is 0.508. The number of aliphatic hydroxyl groups excluding tert-OH is 1. The van der Waals surface area contributed by atoms with E-state index in [2.05, 4.69) is 17.4 Å². The SMILES string of the molecule is COCC(O)CCNCc1ccc(OC(C)C)cc1. The molecule has 1 atom stereocenters. The Morgan fingerprint density at radius 1 is 1.21 bits per heavy atom. The van der Waals surface area contributed by atoms with Gasteiger partial charge < -0.3 is 19.9 Å². The molecule has 0 spiro atoms. The van der Waals surface area contributed by atoms with E-state index in [0.717, 1.165) is 18.8 Å². The van der Waals surface area contributed by atoms with E-state index in [-0.39, 0.29) is 12.2 Å². The summed E-state index contributed by atoms with van der Waals surface area (Å²) in [5.74, 6) is 0.897. The van der Waals surface area contributed by atoms with E-state index >= 15 is 0 Å². The highest BCUT2D eigenvalue weighted by molar-refractivity contribution is 5.27. The average molecular weight is 267 g/mol. The van der Waals surface area contributed by atoms with Crippen molar-refractivity contribution in [3.05, 3.63) is 29.8 Å². The van der Waals surface area contributed by atoms with Crippen molar-refractivity contribution in [2.45, 2.75) is 39.0 Å². The highest BCUT2D eigenvalue weighted by Gasteiger charge is 2.02. The van der Waals surface area contributed by atoms with Crippen molar-refractivity contribution in [2.24, 2.45) is 0 Å². The van der Waals surface area contributed by atoms with Crippen LogP contribution in [0.15, 0.2) is 24.3 Å². The third-order valence-corrected chi connectivity index (χ3v) is 2.64. The number of aliphatic hydroxyl groups is 1. The maximum absolute atomic E-state index is 9.49. The zero-order valence-corrected chi connectivity index (χ0v) is 12.1. The van der Waals surface area contributed by atoms with Gasteiger partial charge in [-0.3, -0.25) is 0 Å².